The normalized spacial score (nSPS) is 12.4. The van der Waals surface area contributed by atoms with Crippen molar-refractivity contribution in [2.75, 3.05) is 6.54 Å². The smallest absolute Gasteiger partial charge is 0.126 e. The van der Waals surface area contributed by atoms with Crippen LogP contribution in [0.25, 0.3) is 0 Å². The van der Waals surface area contributed by atoms with Crippen molar-refractivity contribution in [3.8, 4) is 0 Å². The summed E-state index contributed by atoms with van der Waals surface area (Å²) in [5.41, 5.74) is 1.44. The predicted octanol–water partition coefficient (Wildman–Crippen LogP) is 5.47. The Balaban J connectivity index is 2.43. The third kappa shape index (κ3) is 4.25. The summed E-state index contributed by atoms with van der Waals surface area (Å²) >= 11 is 9.38. The molecule has 0 aliphatic heterocycles. The van der Waals surface area contributed by atoms with Crippen LogP contribution in [0.5, 0.6) is 0 Å². The maximum atomic E-state index is 13.5. The van der Waals surface area contributed by atoms with E-state index in [0.717, 1.165) is 29.1 Å². The molecule has 0 radical (unpaired) electrons. The molecular formula is C16H15BrClF2N. The summed E-state index contributed by atoms with van der Waals surface area (Å²) < 4.78 is 27.7. The van der Waals surface area contributed by atoms with Crippen LogP contribution in [0.1, 0.15) is 30.5 Å². The molecular weight excluding hydrogens is 360 g/mol. The zero-order valence-corrected chi connectivity index (χ0v) is 13.8. The van der Waals surface area contributed by atoms with E-state index in [2.05, 4.69) is 21.2 Å². The van der Waals surface area contributed by atoms with E-state index in [0.29, 0.717) is 10.6 Å². The number of rotatable bonds is 5. The largest absolute Gasteiger partial charge is 0.306 e. The van der Waals surface area contributed by atoms with Crippen molar-refractivity contribution in [2.45, 2.75) is 19.4 Å². The van der Waals surface area contributed by atoms with Crippen LogP contribution in [-0.2, 0) is 0 Å². The van der Waals surface area contributed by atoms with Crippen molar-refractivity contribution in [3.63, 3.8) is 0 Å². The van der Waals surface area contributed by atoms with E-state index >= 15 is 0 Å². The van der Waals surface area contributed by atoms with Crippen LogP contribution in [0.2, 0.25) is 5.02 Å². The number of halogens is 4. The monoisotopic (exact) mass is 373 g/mol. The number of benzene rings is 2. The molecule has 0 aromatic heterocycles. The number of hydrogen-bond donors (Lipinski definition) is 1. The third-order valence-corrected chi connectivity index (χ3v) is 4.31. The second kappa shape index (κ2) is 7.34. The molecule has 1 N–H and O–H groups in total. The highest BCUT2D eigenvalue weighted by Crippen LogP contribution is 2.29. The van der Waals surface area contributed by atoms with Crippen LogP contribution in [0.4, 0.5) is 8.78 Å². The molecule has 0 heterocycles. The van der Waals surface area contributed by atoms with Crippen molar-refractivity contribution in [2.24, 2.45) is 0 Å². The van der Waals surface area contributed by atoms with Crippen molar-refractivity contribution in [1.29, 1.82) is 0 Å². The molecule has 0 amide bonds. The molecule has 112 valence electrons. The van der Waals surface area contributed by atoms with Gasteiger partial charge in [0.15, 0.2) is 0 Å². The van der Waals surface area contributed by atoms with E-state index in [-0.39, 0.29) is 6.04 Å². The quantitative estimate of drug-likeness (QED) is 0.732. The highest BCUT2D eigenvalue weighted by atomic mass is 79.9. The van der Waals surface area contributed by atoms with Crippen molar-refractivity contribution in [1.82, 2.24) is 5.32 Å². The maximum absolute atomic E-state index is 13.5. The lowest BCUT2D eigenvalue weighted by molar-refractivity contribution is 0.558. The fraction of sp³-hybridized carbons (Fsp3) is 0.250. The van der Waals surface area contributed by atoms with E-state index in [4.69, 9.17) is 11.6 Å². The fourth-order valence-corrected chi connectivity index (χ4v) is 2.66. The van der Waals surface area contributed by atoms with Gasteiger partial charge in [-0.2, -0.15) is 0 Å². The first kappa shape index (κ1) is 16.4. The minimum Gasteiger partial charge on any atom is -0.306 e. The Bertz CT molecular complexity index is 613. The van der Waals surface area contributed by atoms with E-state index in [1.807, 2.05) is 19.1 Å². The van der Waals surface area contributed by atoms with Gasteiger partial charge in [0, 0.05) is 10.5 Å². The van der Waals surface area contributed by atoms with Gasteiger partial charge >= 0.3 is 0 Å². The summed E-state index contributed by atoms with van der Waals surface area (Å²) in [5.74, 6) is -1.16. The average Bonchev–Trinajstić information content (AvgIpc) is 2.42. The standard InChI is InChI=1S/C16H15BrClF2N/c1-2-5-21-16(10-3-4-15(18)14(17)8-10)11-6-12(19)9-13(20)7-11/h3-4,6-9,16,21H,2,5H2,1H3. The summed E-state index contributed by atoms with van der Waals surface area (Å²) in [5, 5.41) is 3.90. The first-order valence-corrected chi connectivity index (χ1v) is 7.82. The third-order valence-electron chi connectivity index (χ3n) is 3.09. The molecule has 21 heavy (non-hydrogen) atoms. The lowest BCUT2D eigenvalue weighted by Gasteiger charge is -2.20. The molecule has 0 aliphatic carbocycles. The SMILES string of the molecule is CCCNC(c1cc(F)cc(F)c1)c1ccc(Cl)c(Br)c1. The van der Waals surface area contributed by atoms with Gasteiger partial charge in [-0.1, -0.05) is 24.6 Å². The Morgan fingerprint density at radius 3 is 2.33 bits per heavy atom. The van der Waals surface area contributed by atoms with Crippen LogP contribution < -0.4 is 5.32 Å². The van der Waals surface area contributed by atoms with Gasteiger partial charge < -0.3 is 5.32 Å². The van der Waals surface area contributed by atoms with Crippen molar-refractivity contribution >= 4 is 27.5 Å². The van der Waals surface area contributed by atoms with Crippen molar-refractivity contribution < 1.29 is 8.78 Å². The van der Waals surface area contributed by atoms with Crippen LogP contribution >= 0.6 is 27.5 Å². The van der Waals surface area contributed by atoms with E-state index < -0.39 is 11.6 Å². The predicted molar refractivity (Wildman–Crippen MR) is 85.6 cm³/mol. The fourth-order valence-electron chi connectivity index (χ4n) is 2.15. The number of hydrogen-bond acceptors (Lipinski definition) is 1. The highest BCUT2D eigenvalue weighted by Gasteiger charge is 2.16. The second-order valence-electron chi connectivity index (χ2n) is 4.76. The van der Waals surface area contributed by atoms with E-state index in [1.54, 1.807) is 6.07 Å². The Hall–Kier alpha value is -0.970. The maximum Gasteiger partial charge on any atom is 0.126 e. The van der Waals surface area contributed by atoms with Gasteiger partial charge in [0.05, 0.1) is 11.1 Å². The Kier molecular flexibility index (Phi) is 5.73. The molecule has 5 heteroatoms. The zero-order valence-electron chi connectivity index (χ0n) is 11.5. The lowest BCUT2D eigenvalue weighted by atomic mass is 9.98. The summed E-state index contributed by atoms with van der Waals surface area (Å²) in [6.45, 7) is 2.77. The molecule has 1 atom stereocenters. The van der Waals surface area contributed by atoms with Gasteiger partial charge in [-0.25, -0.2) is 8.78 Å². The topological polar surface area (TPSA) is 12.0 Å². The molecule has 0 bridgehead atoms. The van der Waals surface area contributed by atoms with Gasteiger partial charge in [0.25, 0.3) is 0 Å². The van der Waals surface area contributed by atoms with Crippen LogP contribution in [0.3, 0.4) is 0 Å². The first-order valence-electron chi connectivity index (χ1n) is 6.65. The minimum atomic E-state index is -0.582. The minimum absolute atomic E-state index is 0.288. The highest BCUT2D eigenvalue weighted by molar-refractivity contribution is 9.10. The van der Waals surface area contributed by atoms with Gasteiger partial charge in [0.2, 0.25) is 0 Å². The zero-order chi connectivity index (χ0) is 15.4. The Morgan fingerprint density at radius 1 is 1.10 bits per heavy atom. The Labute approximate surface area is 136 Å². The van der Waals surface area contributed by atoms with Crippen LogP contribution in [-0.4, -0.2) is 6.54 Å². The molecule has 1 nitrogen and oxygen atoms in total. The summed E-state index contributed by atoms with van der Waals surface area (Å²) in [6.07, 6.45) is 0.920. The van der Waals surface area contributed by atoms with Crippen LogP contribution in [0.15, 0.2) is 40.9 Å². The first-order chi connectivity index (χ1) is 10.0. The van der Waals surface area contributed by atoms with Gasteiger partial charge in [-0.05, 0) is 64.3 Å². The summed E-state index contributed by atoms with van der Waals surface area (Å²) in [6, 6.07) is 8.75. The molecule has 0 saturated carbocycles. The molecule has 0 aliphatic rings. The van der Waals surface area contributed by atoms with Crippen molar-refractivity contribution in [3.05, 3.63) is 68.7 Å². The molecule has 0 saturated heterocycles. The van der Waals surface area contributed by atoms with E-state index in [1.165, 1.54) is 12.1 Å². The Morgan fingerprint density at radius 2 is 1.76 bits per heavy atom. The second-order valence-corrected chi connectivity index (χ2v) is 6.03. The molecule has 0 spiro atoms. The summed E-state index contributed by atoms with van der Waals surface area (Å²) in [7, 11) is 0. The van der Waals surface area contributed by atoms with Crippen LogP contribution in [0, 0.1) is 11.6 Å². The lowest BCUT2D eigenvalue weighted by Crippen LogP contribution is -2.23. The molecule has 2 aromatic rings. The summed E-state index contributed by atoms with van der Waals surface area (Å²) in [4.78, 5) is 0. The molecule has 2 aromatic carbocycles. The van der Waals surface area contributed by atoms with Gasteiger partial charge in [-0.3, -0.25) is 0 Å². The average molecular weight is 375 g/mol. The van der Waals surface area contributed by atoms with Gasteiger partial charge in [0.1, 0.15) is 11.6 Å². The van der Waals surface area contributed by atoms with Gasteiger partial charge in [-0.15, -0.1) is 0 Å². The van der Waals surface area contributed by atoms with E-state index in [9.17, 15) is 8.78 Å². The molecule has 1 unspecified atom stereocenters. The molecule has 2 rings (SSSR count). The molecule has 0 fully saturated rings. The number of nitrogens with one attached hydrogen (secondary N) is 1.